The summed E-state index contributed by atoms with van der Waals surface area (Å²) in [5.41, 5.74) is 19.0. The van der Waals surface area contributed by atoms with Gasteiger partial charge in [-0.15, -0.1) is 0 Å². The molecule has 6 N–H and O–H groups in total. The number of nitriles is 1. The van der Waals surface area contributed by atoms with Crippen LogP contribution < -0.4 is 17.2 Å². The predicted octanol–water partition coefficient (Wildman–Crippen LogP) is 0.613. The van der Waals surface area contributed by atoms with Crippen LogP contribution in [0, 0.1) is 18.3 Å². The van der Waals surface area contributed by atoms with Crippen LogP contribution in [0.5, 0.6) is 0 Å². The number of nitrogen functional groups attached to an aromatic ring is 3. The van der Waals surface area contributed by atoms with Crippen molar-refractivity contribution < 1.29 is 0 Å². The summed E-state index contributed by atoms with van der Waals surface area (Å²) in [5, 5.41) is 8.62. The second-order valence-corrected chi connectivity index (χ2v) is 2.58. The monoisotopic (exact) mass is 162 g/mol. The van der Waals surface area contributed by atoms with Crippen LogP contribution in [0.4, 0.5) is 17.1 Å². The summed E-state index contributed by atoms with van der Waals surface area (Å²) in [6, 6.07) is 3.45. The highest BCUT2D eigenvalue weighted by Crippen LogP contribution is 2.28. The van der Waals surface area contributed by atoms with Crippen molar-refractivity contribution in [1.29, 1.82) is 5.26 Å². The van der Waals surface area contributed by atoms with Gasteiger partial charge in [0.1, 0.15) is 6.07 Å². The van der Waals surface area contributed by atoms with Gasteiger partial charge in [-0.25, -0.2) is 0 Å². The van der Waals surface area contributed by atoms with Gasteiger partial charge < -0.3 is 17.2 Å². The smallest absolute Gasteiger partial charge is 0.101 e. The number of nitrogens with two attached hydrogens (primary N) is 3. The van der Waals surface area contributed by atoms with Crippen LogP contribution >= 0.6 is 0 Å². The molecular formula is C8H10N4. The third-order valence-electron chi connectivity index (χ3n) is 1.84. The van der Waals surface area contributed by atoms with E-state index in [1.165, 1.54) is 6.07 Å². The van der Waals surface area contributed by atoms with Gasteiger partial charge in [0.25, 0.3) is 0 Å². The Kier molecular flexibility index (Phi) is 1.80. The van der Waals surface area contributed by atoms with E-state index in [0.717, 1.165) is 5.56 Å². The summed E-state index contributed by atoms with van der Waals surface area (Å²) in [4.78, 5) is 0. The zero-order chi connectivity index (χ0) is 9.30. The van der Waals surface area contributed by atoms with Gasteiger partial charge >= 0.3 is 0 Å². The molecule has 0 aliphatic carbocycles. The number of anilines is 3. The van der Waals surface area contributed by atoms with Gasteiger partial charge in [-0.1, -0.05) is 0 Å². The molecule has 12 heavy (non-hydrogen) atoms. The highest BCUT2D eigenvalue weighted by atomic mass is 14.7. The molecule has 0 spiro atoms. The molecule has 0 atom stereocenters. The highest BCUT2D eigenvalue weighted by Gasteiger charge is 2.07. The average Bonchev–Trinajstić information content (AvgIpc) is 2.08. The molecule has 0 bridgehead atoms. The first-order chi connectivity index (χ1) is 5.57. The Bertz CT molecular complexity index is 362. The zero-order valence-electron chi connectivity index (χ0n) is 6.76. The molecule has 0 saturated carbocycles. The van der Waals surface area contributed by atoms with E-state index >= 15 is 0 Å². The Morgan fingerprint density at radius 1 is 1.25 bits per heavy atom. The second-order valence-electron chi connectivity index (χ2n) is 2.58. The maximum absolute atomic E-state index is 8.62. The number of hydrogen-bond acceptors (Lipinski definition) is 4. The van der Waals surface area contributed by atoms with Gasteiger partial charge in [-0.2, -0.15) is 5.26 Å². The van der Waals surface area contributed by atoms with Gasteiger partial charge in [-0.05, 0) is 18.6 Å². The van der Waals surface area contributed by atoms with Crippen LogP contribution in [0.15, 0.2) is 6.07 Å². The Hall–Kier alpha value is -1.89. The van der Waals surface area contributed by atoms with Gasteiger partial charge in [-0.3, -0.25) is 0 Å². The van der Waals surface area contributed by atoms with Gasteiger partial charge in [0.05, 0.1) is 16.9 Å². The molecule has 0 aliphatic rings. The van der Waals surface area contributed by atoms with Crippen LogP contribution in [0.3, 0.4) is 0 Å². The lowest BCUT2D eigenvalue weighted by Crippen LogP contribution is -2.03. The van der Waals surface area contributed by atoms with Crippen LogP contribution in [0.2, 0.25) is 0 Å². The predicted molar refractivity (Wildman–Crippen MR) is 49.1 cm³/mol. The van der Waals surface area contributed by atoms with Crippen molar-refractivity contribution >= 4 is 17.1 Å². The summed E-state index contributed by atoms with van der Waals surface area (Å²) in [6.07, 6.45) is 0. The molecule has 0 radical (unpaired) electrons. The Balaban J connectivity index is 3.52. The lowest BCUT2D eigenvalue weighted by Gasteiger charge is -2.08. The fraction of sp³-hybridized carbons (Fsp3) is 0.125. The molecule has 1 aromatic rings. The highest BCUT2D eigenvalue weighted by molar-refractivity contribution is 5.79. The summed E-state index contributed by atoms with van der Waals surface area (Å²) in [7, 11) is 0. The largest absolute Gasteiger partial charge is 0.398 e. The average molecular weight is 162 g/mol. The molecule has 0 unspecified atom stereocenters. The Labute approximate surface area is 70.6 Å². The first-order valence-corrected chi connectivity index (χ1v) is 3.42. The minimum Gasteiger partial charge on any atom is -0.398 e. The molecular weight excluding hydrogens is 152 g/mol. The van der Waals surface area contributed by atoms with Crippen molar-refractivity contribution in [3.8, 4) is 6.07 Å². The summed E-state index contributed by atoms with van der Waals surface area (Å²) in [6.45, 7) is 1.77. The SMILES string of the molecule is Cc1c(N)cc(C#N)c(N)c1N. The lowest BCUT2D eigenvalue weighted by atomic mass is 10.1. The molecule has 0 saturated heterocycles. The maximum Gasteiger partial charge on any atom is 0.101 e. The normalized spacial score (nSPS) is 9.33. The van der Waals surface area contributed by atoms with Crippen LogP contribution in [0.25, 0.3) is 0 Å². The molecule has 62 valence electrons. The summed E-state index contributed by atoms with van der Waals surface area (Å²) >= 11 is 0. The Morgan fingerprint density at radius 2 is 1.83 bits per heavy atom. The molecule has 0 fully saturated rings. The fourth-order valence-electron chi connectivity index (χ4n) is 0.937. The topological polar surface area (TPSA) is 102 Å². The number of rotatable bonds is 0. The minimum atomic E-state index is 0.309. The summed E-state index contributed by atoms with van der Waals surface area (Å²) < 4.78 is 0. The molecule has 0 aromatic heterocycles. The number of hydrogen-bond donors (Lipinski definition) is 3. The number of nitrogens with zero attached hydrogens (tertiary/aromatic N) is 1. The van der Waals surface area contributed by atoms with E-state index in [-0.39, 0.29) is 0 Å². The molecule has 1 rings (SSSR count). The van der Waals surface area contributed by atoms with Gasteiger partial charge in [0.15, 0.2) is 0 Å². The van der Waals surface area contributed by atoms with Crippen molar-refractivity contribution in [2.45, 2.75) is 6.92 Å². The first-order valence-electron chi connectivity index (χ1n) is 3.42. The lowest BCUT2D eigenvalue weighted by molar-refractivity contribution is 1.43. The van der Waals surface area contributed by atoms with E-state index in [4.69, 9.17) is 22.5 Å². The number of benzene rings is 1. The molecule has 0 heterocycles. The fourth-order valence-corrected chi connectivity index (χ4v) is 0.937. The van der Waals surface area contributed by atoms with Crippen molar-refractivity contribution in [1.82, 2.24) is 0 Å². The van der Waals surface area contributed by atoms with Gasteiger partial charge in [0, 0.05) is 5.69 Å². The molecule has 4 nitrogen and oxygen atoms in total. The first kappa shape index (κ1) is 8.21. The van der Waals surface area contributed by atoms with Gasteiger partial charge in [0.2, 0.25) is 0 Å². The molecule has 0 aliphatic heterocycles. The van der Waals surface area contributed by atoms with E-state index in [1.54, 1.807) is 6.92 Å². The van der Waals surface area contributed by atoms with E-state index in [0.29, 0.717) is 22.6 Å². The second kappa shape index (κ2) is 2.62. The van der Waals surface area contributed by atoms with Crippen molar-refractivity contribution in [3.63, 3.8) is 0 Å². The molecule has 4 heteroatoms. The maximum atomic E-state index is 8.62. The van der Waals surface area contributed by atoms with Crippen molar-refractivity contribution in [2.75, 3.05) is 17.2 Å². The summed E-state index contributed by atoms with van der Waals surface area (Å²) in [5.74, 6) is 0. The van der Waals surface area contributed by atoms with E-state index in [1.807, 2.05) is 6.07 Å². The minimum absolute atomic E-state index is 0.309. The third-order valence-corrected chi connectivity index (χ3v) is 1.84. The van der Waals surface area contributed by atoms with Crippen molar-refractivity contribution in [2.24, 2.45) is 0 Å². The molecule has 1 aromatic carbocycles. The van der Waals surface area contributed by atoms with E-state index in [9.17, 15) is 0 Å². The zero-order valence-corrected chi connectivity index (χ0v) is 6.76. The van der Waals surface area contributed by atoms with Crippen LogP contribution in [-0.2, 0) is 0 Å². The molecule has 0 amide bonds. The standard InChI is InChI=1S/C8H10N4/c1-4-6(10)2-5(3-9)8(12)7(4)11/h2H,10-12H2,1H3. The van der Waals surface area contributed by atoms with Crippen LogP contribution in [-0.4, -0.2) is 0 Å². The van der Waals surface area contributed by atoms with E-state index in [2.05, 4.69) is 0 Å². The third kappa shape index (κ3) is 1.01. The van der Waals surface area contributed by atoms with Crippen molar-refractivity contribution in [3.05, 3.63) is 17.2 Å². The van der Waals surface area contributed by atoms with E-state index < -0.39 is 0 Å². The quantitative estimate of drug-likeness (QED) is 0.486. The Morgan fingerprint density at radius 3 is 2.33 bits per heavy atom. The van der Waals surface area contributed by atoms with Crippen LogP contribution in [0.1, 0.15) is 11.1 Å².